The first kappa shape index (κ1) is 11.0. The Labute approximate surface area is 104 Å². The number of aliphatic hydroxyl groups excluding tert-OH is 1. The minimum atomic E-state index is -0.550. The van der Waals surface area contributed by atoms with E-state index >= 15 is 0 Å². The molecular formula is C13H13N3O2. The van der Waals surface area contributed by atoms with Crippen LogP contribution in [0.15, 0.2) is 43.0 Å². The fourth-order valence-electron chi connectivity index (χ4n) is 2.15. The van der Waals surface area contributed by atoms with Gasteiger partial charge in [0.05, 0.1) is 25.4 Å². The lowest BCUT2D eigenvalue weighted by atomic mass is 10.2. The summed E-state index contributed by atoms with van der Waals surface area (Å²) in [6, 6.07) is 7.61. The monoisotopic (exact) mass is 243 g/mol. The molecule has 0 spiro atoms. The van der Waals surface area contributed by atoms with Crippen LogP contribution in [0.4, 0.5) is 5.69 Å². The van der Waals surface area contributed by atoms with Gasteiger partial charge in [-0.1, -0.05) is 0 Å². The first-order valence-corrected chi connectivity index (χ1v) is 5.81. The summed E-state index contributed by atoms with van der Waals surface area (Å²) in [7, 11) is 0. The largest absolute Gasteiger partial charge is 0.391 e. The number of aliphatic hydroxyl groups is 1. The van der Waals surface area contributed by atoms with Gasteiger partial charge in [-0.3, -0.25) is 4.79 Å². The van der Waals surface area contributed by atoms with Crippen molar-refractivity contribution in [3.63, 3.8) is 0 Å². The maximum atomic E-state index is 11.6. The molecule has 1 unspecified atom stereocenters. The normalized spacial score (nSPS) is 19.5. The van der Waals surface area contributed by atoms with Gasteiger partial charge in [0.15, 0.2) is 0 Å². The van der Waals surface area contributed by atoms with E-state index < -0.39 is 6.10 Å². The number of aromatic nitrogens is 2. The van der Waals surface area contributed by atoms with Crippen LogP contribution in [0.2, 0.25) is 0 Å². The molecule has 5 nitrogen and oxygen atoms in total. The first-order chi connectivity index (χ1) is 8.74. The molecule has 1 aliphatic heterocycles. The minimum absolute atomic E-state index is 0.0297. The van der Waals surface area contributed by atoms with E-state index in [1.807, 2.05) is 35.0 Å². The highest BCUT2D eigenvalue weighted by Crippen LogP contribution is 2.22. The van der Waals surface area contributed by atoms with Crippen molar-refractivity contribution in [2.45, 2.75) is 12.5 Å². The lowest BCUT2D eigenvalue weighted by Crippen LogP contribution is -2.25. The Hall–Kier alpha value is -2.14. The van der Waals surface area contributed by atoms with Crippen LogP contribution < -0.4 is 4.90 Å². The van der Waals surface area contributed by atoms with E-state index in [2.05, 4.69) is 4.98 Å². The fourth-order valence-corrected chi connectivity index (χ4v) is 2.15. The Morgan fingerprint density at radius 3 is 2.50 bits per heavy atom. The standard InChI is InChI=1S/C13H13N3O2/c17-12-7-13(18)16(8-12)11-3-1-10(2-4-11)15-6-5-14-9-15/h1-6,9,12,17H,7-8H2. The van der Waals surface area contributed by atoms with E-state index in [1.54, 1.807) is 17.4 Å². The van der Waals surface area contributed by atoms with Crippen molar-refractivity contribution in [2.75, 3.05) is 11.4 Å². The molecule has 1 fully saturated rings. The van der Waals surface area contributed by atoms with Crippen molar-refractivity contribution in [3.05, 3.63) is 43.0 Å². The Bertz CT molecular complexity index is 548. The first-order valence-electron chi connectivity index (χ1n) is 5.81. The molecule has 0 radical (unpaired) electrons. The Kier molecular flexibility index (Phi) is 2.60. The highest BCUT2D eigenvalue weighted by Gasteiger charge is 2.28. The van der Waals surface area contributed by atoms with Crippen LogP contribution in [0.5, 0.6) is 0 Å². The van der Waals surface area contributed by atoms with Crippen LogP contribution in [0.1, 0.15) is 6.42 Å². The average molecular weight is 243 g/mol. The number of hydrogen-bond acceptors (Lipinski definition) is 3. The van der Waals surface area contributed by atoms with Crippen molar-refractivity contribution in [1.82, 2.24) is 9.55 Å². The van der Waals surface area contributed by atoms with Gasteiger partial charge in [0, 0.05) is 23.8 Å². The lowest BCUT2D eigenvalue weighted by Gasteiger charge is -2.16. The molecule has 18 heavy (non-hydrogen) atoms. The molecule has 1 N–H and O–H groups in total. The molecule has 92 valence electrons. The molecule has 2 heterocycles. The second kappa shape index (κ2) is 4.27. The van der Waals surface area contributed by atoms with Crippen LogP contribution in [-0.2, 0) is 4.79 Å². The fraction of sp³-hybridized carbons (Fsp3) is 0.231. The van der Waals surface area contributed by atoms with Gasteiger partial charge in [0.25, 0.3) is 0 Å². The van der Waals surface area contributed by atoms with Crippen LogP contribution in [0.3, 0.4) is 0 Å². The number of rotatable bonds is 2. The summed E-state index contributed by atoms with van der Waals surface area (Å²) in [5.41, 5.74) is 1.81. The predicted octanol–water partition coefficient (Wildman–Crippen LogP) is 0.970. The quantitative estimate of drug-likeness (QED) is 0.855. The van der Waals surface area contributed by atoms with Crippen molar-refractivity contribution < 1.29 is 9.90 Å². The van der Waals surface area contributed by atoms with E-state index in [-0.39, 0.29) is 12.3 Å². The van der Waals surface area contributed by atoms with E-state index in [0.29, 0.717) is 6.54 Å². The van der Waals surface area contributed by atoms with Gasteiger partial charge in [0.1, 0.15) is 0 Å². The third-order valence-corrected chi connectivity index (χ3v) is 3.07. The maximum absolute atomic E-state index is 11.6. The second-order valence-electron chi connectivity index (χ2n) is 4.35. The smallest absolute Gasteiger partial charge is 0.229 e. The zero-order chi connectivity index (χ0) is 12.5. The molecule has 2 aromatic rings. The van der Waals surface area contributed by atoms with Crippen LogP contribution in [0.25, 0.3) is 5.69 Å². The van der Waals surface area contributed by atoms with E-state index in [9.17, 15) is 9.90 Å². The van der Waals surface area contributed by atoms with E-state index in [4.69, 9.17) is 0 Å². The van der Waals surface area contributed by atoms with Gasteiger partial charge < -0.3 is 14.6 Å². The SMILES string of the molecule is O=C1CC(O)CN1c1ccc(-n2ccnc2)cc1. The van der Waals surface area contributed by atoms with Crippen molar-refractivity contribution in [2.24, 2.45) is 0 Å². The summed E-state index contributed by atoms with van der Waals surface area (Å²) >= 11 is 0. The van der Waals surface area contributed by atoms with Crippen LogP contribution in [0, 0.1) is 0 Å². The third-order valence-electron chi connectivity index (χ3n) is 3.07. The number of benzene rings is 1. The molecule has 1 aromatic carbocycles. The summed E-state index contributed by atoms with van der Waals surface area (Å²) < 4.78 is 1.89. The topological polar surface area (TPSA) is 58.4 Å². The van der Waals surface area contributed by atoms with Gasteiger partial charge in [-0.05, 0) is 24.3 Å². The summed E-state index contributed by atoms with van der Waals surface area (Å²) in [5.74, 6) is -0.0297. The number of β-amino-alcohol motifs (C(OH)–C–C–N with tert-alkyl or cyclic N) is 1. The summed E-state index contributed by atoms with van der Waals surface area (Å²) in [5, 5.41) is 9.46. The summed E-state index contributed by atoms with van der Waals surface area (Å²) in [6.07, 6.45) is 4.96. The Balaban J connectivity index is 1.85. The van der Waals surface area contributed by atoms with Crippen molar-refractivity contribution in [1.29, 1.82) is 0 Å². The molecule has 0 saturated carbocycles. The molecule has 0 bridgehead atoms. The van der Waals surface area contributed by atoms with Crippen molar-refractivity contribution in [3.8, 4) is 5.69 Å². The number of imidazole rings is 1. The molecule has 1 amide bonds. The predicted molar refractivity (Wildman–Crippen MR) is 66.5 cm³/mol. The number of carbonyl (C=O) groups is 1. The van der Waals surface area contributed by atoms with Gasteiger partial charge in [0.2, 0.25) is 5.91 Å². The zero-order valence-corrected chi connectivity index (χ0v) is 9.73. The molecule has 0 aliphatic carbocycles. The molecule has 3 rings (SSSR count). The average Bonchev–Trinajstić information content (AvgIpc) is 2.99. The van der Waals surface area contributed by atoms with Crippen molar-refractivity contribution >= 4 is 11.6 Å². The number of hydrogen-bond donors (Lipinski definition) is 1. The lowest BCUT2D eigenvalue weighted by molar-refractivity contribution is -0.117. The van der Waals surface area contributed by atoms with Crippen LogP contribution in [-0.4, -0.2) is 33.2 Å². The van der Waals surface area contributed by atoms with Gasteiger partial charge in [-0.15, -0.1) is 0 Å². The number of carbonyl (C=O) groups excluding carboxylic acids is 1. The van der Waals surface area contributed by atoms with Gasteiger partial charge in [-0.25, -0.2) is 4.98 Å². The highest BCUT2D eigenvalue weighted by atomic mass is 16.3. The number of anilines is 1. The van der Waals surface area contributed by atoms with Crippen LogP contribution >= 0.6 is 0 Å². The summed E-state index contributed by atoms with van der Waals surface area (Å²) in [4.78, 5) is 17.2. The molecule has 1 aliphatic rings. The Morgan fingerprint density at radius 1 is 1.22 bits per heavy atom. The van der Waals surface area contributed by atoms with Gasteiger partial charge in [-0.2, -0.15) is 0 Å². The van der Waals surface area contributed by atoms with E-state index in [0.717, 1.165) is 11.4 Å². The molecule has 1 atom stereocenters. The molecule has 1 saturated heterocycles. The van der Waals surface area contributed by atoms with Gasteiger partial charge >= 0.3 is 0 Å². The zero-order valence-electron chi connectivity index (χ0n) is 9.73. The highest BCUT2D eigenvalue weighted by molar-refractivity contribution is 5.96. The number of nitrogens with zero attached hydrogens (tertiary/aromatic N) is 3. The maximum Gasteiger partial charge on any atom is 0.229 e. The summed E-state index contributed by atoms with van der Waals surface area (Å²) in [6.45, 7) is 0.378. The number of amides is 1. The van der Waals surface area contributed by atoms with E-state index in [1.165, 1.54) is 0 Å². The molecule has 1 aromatic heterocycles. The second-order valence-corrected chi connectivity index (χ2v) is 4.35. The minimum Gasteiger partial charge on any atom is -0.391 e. The third kappa shape index (κ3) is 1.89. The Morgan fingerprint density at radius 2 is 1.94 bits per heavy atom. The molecule has 5 heteroatoms. The molecular weight excluding hydrogens is 230 g/mol.